The van der Waals surface area contributed by atoms with Crippen LogP contribution in [-0.4, -0.2) is 40.8 Å². The van der Waals surface area contributed by atoms with Gasteiger partial charge >= 0.3 is 0 Å². The number of nitrogens with one attached hydrogen (secondary N) is 1. The summed E-state index contributed by atoms with van der Waals surface area (Å²) >= 11 is 1.76. The molecule has 0 spiro atoms. The van der Waals surface area contributed by atoms with Crippen molar-refractivity contribution in [3.63, 3.8) is 0 Å². The zero-order chi connectivity index (χ0) is 9.19. The van der Waals surface area contributed by atoms with Crippen LogP contribution in [0.2, 0.25) is 0 Å². The van der Waals surface area contributed by atoms with Gasteiger partial charge < -0.3 is 16.2 Å². The van der Waals surface area contributed by atoms with E-state index in [0.717, 1.165) is 18.8 Å². The molecule has 1 heterocycles. The molecule has 72 valence electrons. The standard InChI is InChI=1S/C8H18N2OS/c1-8(2,9)5-12-7-4-10-3-6(7)11/h6-7,10-11H,3-5,9H2,1-2H3/t6-,7-/m1/s1. The maximum Gasteiger partial charge on any atom is 0.0795 e. The van der Waals surface area contributed by atoms with Crippen molar-refractivity contribution in [3.05, 3.63) is 0 Å². The molecule has 0 amide bonds. The van der Waals surface area contributed by atoms with Crippen LogP contribution in [0.25, 0.3) is 0 Å². The molecule has 1 aliphatic heterocycles. The topological polar surface area (TPSA) is 58.3 Å². The molecule has 1 rings (SSSR count). The van der Waals surface area contributed by atoms with Crippen LogP contribution in [0.4, 0.5) is 0 Å². The minimum atomic E-state index is -0.197. The quantitative estimate of drug-likeness (QED) is 0.576. The molecular formula is C8H18N2OS. The van der Waals surface area contributed by atoms with Crippen molar-refractivity contribution in [2.75, 3.05) is 18.8 Å². The van der Waals surface area contributed by atoms with Gasteiger partial charge in [0.15, 0.2) is 0 Å². The lowest BCUT2D eigenvalue weighted by molar-refractivity contribution is 0.201. The van der Waals surface area contributed by atoms with Crippen LogP contribution in [-0.2, 0) is 0 Å². The molecule has 0 aromatic heterocycles. The fourth-order valence-corrected chi connectivity index (χ4v) is 2.33. The summed E-state index contributed by atoms with van der Waals surface area (Å²) in [5.74, 6) is 0.899. The Bertz CT molecular complexity index is 146. The maximum atomic E-state index is 9.46. The van der Waals surface area contributed by atoms with Gasteiger partial charge in [0.25, 0.3) is 0 Å². The molecule has 0 aromatic carbocycles. The Balaban J connectivity index is 2.23. The van der Waals surface area contributed by atoms with Crippen LogP contribution in [0.3, 0.4) is 0 Å². The molecule has 1 saturated heterocycles. The van der Waals surface area contributed by atoms with E-state index in [0.29, 0.717) is 5.25 Å². The maximum absolute atomic E-state index is 9.46. The predicted octanol–water partition coefficient (Wildman–Crippen LogP) is -0.210. The summed E-state index contributed by atoms with van der Waals surface area (Å²) in [6.07, 6.45) is -0.197. The molecule has 0 aliphatic carbocycles. The average Bonchev–Trinajstić information content (AvgIpc) is 2.29. The largest absolute Gasteiger partial charge is 0.391 e. The Hall–Kier alpha value is 0.230. The molecule has 0 aromatic rings. The molecule has 2 atom stereocenters. The highest BCUT2D eigenvalue weighted by molar-refractivity contribution is 8.00. The molecule has 1 aliphatic rings. The summed E-state index contributed by atoms with van der Waals surface area (Å²) in [6.45, 7) is 5.65. The van der Waals surface area contributed by atoms with Crippen LogP contribution in [0.5, 0.6) is 0 Å². The number of hydrogen-bond donors (Lipinski definition) is 3. The van der Waals surface area contributed by atoms with Gasteiger partial charge in [-0.2, -0.15) is 11.8 Å². The first-order valence-corrected chi connectivity index (χ1v) is 5.33. The third-order valence-corrected chi connectivity index (χ3v) is 3.62. The van der Waals surface area contributed by atoms with Gasteiger partial charge in [0.05, 0.1) is 6.10 Å². The Morgan fingerprint density at radius 1 is 1.58 bits per heavy atom. The summed E-state index contributed by atoms with van der Waals surface area (Å²) in [7, 11) is 0. The molecule has 12 heavy (non-hydrogen) atoms. The molecule has 0 radical (unpaired) electrons. The van der Waals surface area contributed by atoms with Gasteiger partial charge in [-0.15, -0.1) is 0 Å². The molecule has 3 nitrogen and oxygen atoms in total. The van der Waals surface area contributed by atoms with Crippen molar-refractivity contribution >= 4 is 11.8 Å². The van der Waals surface area contributed by atoms with Crippen LogP contribution >= 0.6 is 11.8 Å². The van der Waals surface area contributed by atoms with E-state index in [1.807, 2.05) is 13.8 Å². The molecule has 0 saturated carbocycles. The van der Waals surface area contributed by atoms with Gasteiger partial charge in [-0.3, -0.25) is 0 Å². The van der Waals surface area contributed by atoms with Crippen molar-refractivity contribution in [2.45, 2.75) is 30.7 Å². The molecule has 0 bridgehead atoms. The van der Waals surface area contributed by atoms with Crippen molar-refractivity contribution < 1.29 is 5.11 Å². The second-order valence-corrected chi connectivity index (χ2v) is 5.29. The number of rotatable bonds is 3. The van der Waals surface area contributed by atoms with Crippen molar-refractivity contribution in [1.29, 1.82) is 0 Å². The van der Waals surface area contributed by atoms with E-state index in [9.17, 15) is 5.11 Å². The molecule has 0 unspecified atom stereocenters. The first kappa shape index (κ1) is 10.3. The summed E-state index contributed by atoms with van der Waals surface area (Å²) < 4.78 is 0. The van der Waals surface area contributed by atoms with E-state index in [2.05, 4.69) is 5.32 Å². The third-order valence-electron chi connectivity index (χ3n) is 1.80. The fourth-order valence-electron chi connectivity index (χ4n) is 1.13. The highest BCUT2D eigenvalue weighted by atomic mass is 32.2. The Kier molecular flexibility index (Phi) is 3.40. The predicted molar refractivity (Wildman–Crippen MR) is 53.4 cm³/mol. The van der Waals surface area contributed by atoms with Gasteiger partial charge in [0.2, 0.25) is 0 Å². The normalized spacial score (nSPS) is 31.0. The smallest absolute Gasteiger partial charge is 0.0795 e. The Morgan fingerprint density at radius 2 is 2.25 bits per heavy atom. The van der Waals surface area contributed by atoms with Gasteiger partial charge in [0.1, 0.15) is 0 Å². The van der Waals surface area contributed by atoms with Crippen molar-refractivity contribution in [3.8, 4) is 0 Å². The van der Waals surface area contributed by atoms with E-state index in [1.54, 1.807) is 11.8 Å². The molecule has 1 fully saturated rings. The van der Waals surface area contributed by atoms with Crippen LogP contribution < -0.4 is 11.1 Å². The first-order valence-electron chi connectivity index (χ1n) is 4.28. The number of hydrogen-bond acceptors (Lipinski definition) is 4. The zero-order valence-electron chi connectivity index (χ0n) is 7.71. The van der Waals surface area contributed by atoms with Crippen LogP contribution in [0.1, 0.15) is 13.8 Å². The summed E-state index contributed by atoms with van der Waals surface area (Å²) in [5, 5.41) is 12.9. The summed E-state index contributed by atoms with van der Waals surface area (Å²) in [4.78, 5) is 0. The third kappa shape index (κ3) is 3.31. The Labute approximate surface area is 78.1 Å². The van der Waals surface area contributed by atoms with Gasteiger partial charge in [-0.1, -0.05) is 0 Å². The van der Waals surface area contributed by atoms with Crippen LogP contribution in [0, 0.1) is 0 Å². The lowest BCUT2D eigenvalue weighted by Gasteiger charge is -2.21. The van der Waals surface area contributed by atoms with Gasteiger partial charge in [-0.25, -0.2) is 0 Å². The van der Waals surface area contributed by atoms with Gasteiger partial charge in [-0.05, 0) is 13.8 Å². The lowest BCUT2D eigenvalue weighted by Crippen LogP contribution is -2.36. The summed E-state index contributed by atoms with van der Waals surface area (Å²) in [6, 6.07) is 0. The number of thioether (sulfide) groups is 1. The minimum Gasteiger partial charge on any atom is -0.391 e. The Morgan fingerprint density at radius 3 is 2.67 bits per heavy atom. The lowest BCUT2D eigenvalue weighted by atomic mass is 10.1. The zero-order valence-corrected chi connectivity index (χ0v) is 8.53. The van der Waals surface area contributed by atoms with Crippen LogP contribution in [0.15, 0.2) is 0 Å². The number of nitrogens with two attached hydrogens (primary N) is 1. The van der Waals surface area contributed by atoms with E-state index < -0.39 is 0 Å². The van der Waals surface area contributed by atoms with Crippen molar-refractivity contribution in [1.82, 2.24) is 5.32 Å². The monoisotopic (exact) mass is 190 g/mol. The highest BCUT2D eigenvalue weighted by Gasteiger charge is 2.26. The van der Waals surface area contributed by atoms with Gasteiger partial charge in [0, 0.05) is 29.6 Å². The fraction of sp³-hybridized carbons (Fsp3) is 1.00. The van der Waals surface area contributed by atoms with Crippen molar-refractivity contribution in [2.24, 2.45) is 5.73 Å². The highest BCUT2D eigenvalue weighted by Crippen LogP contribution is 2.21. The number of aliphatic hydroxyl groups excluding tert-OH is 1. The van der Waals surface area contributed by atoms with E-state index in [1.165, 1.54) is 0 Å². The van der Waals surface area contributed by atoms with E-state index in [4.69, 9.17) is 5.73 Å². The van der Waals surface area contributed by atoms with E-state index >= 15 is 0 Å². The average molecular weight is 190 g/mol. The second-order valence-electron chi connectivity index (χ2n) is 4.06. The molecular weight excluding hydrogens is 172 g/mol. The minimum absolute atomic E-state index is 0.132. The summed E-state index contributed by atoms with van der Waals surface area (Å²) in [5.41, 5.74) is 5.70. The van der Waals surface area contributed by atoms with E-state index in [-0.39, 0.29) is 11.6 Å². The SMILES string of the molecule is CC(C)(N)CS[C@@H]1CNC[C@H]1O. The molecule has 4 N–H and O–H groups in total. The molecule has 4 heteroatoms. The number of aliphatic hydroxyl groups is 1. The number of β-amino-alcohol motifs (C(OH)–C–C–N with tert-alkyl or cyclic N) is 1. The first-order chi connectivity index (χ1) is 5.49. The second kappa shape index (κ2) is 3.96.